The standard InChI is InChI=1S/C16H21FN4O2S/c1-3-6-14-18-19-16(24)21(14)11-15(22)20(2)9-10-23-13-8-5-4-7-12(13)17/h4-5,7-8H,3,6,9-11H2,1-2H3,(H,19,24). The molecule has 0 spiro atoms. The molecule has 1 aromatic heterocycles. The van der Waals surface area contributed by atoms with Gasteiger partial charge < -0.3 is 9.64 Å². The van der Waals surface area contributed by atoms with Crippen molar-refractivity contribution >= 4 is 18.1 Å². The van der Waals surface area contributed by atoms with Crippen LogP contribution in [0.3, 0.4) is 0 Å². The largest absolute Gasteiger partial charge is 0.489 e. The summed E-state index contributed by atoms with van der Waals surface area (Å²) in [5, 5.41) is 6.85. The van der Waals surface area contributed by atoms with Crippen LogP contribution in [0.2, 0.25) is 0 Å². The molecule has 0 saturated carbocycles. The summed E-state index contributed by atoms with van der Waals surface area (Å²) in [6.45, 7) is 2.72. The Kier molecular flexibility index (Phi) is 6.48. The lowest BCUT2D eigenvalue weighted by Gasteiger charge is -2.18. The normalized spacial score (nSPS) is 10.6. The molecule has 1 amide bonds. The third-order valence-electron chi connectivity index (χ3n) is 3.55. The maximum absolute atomic E-state index is 13.5. The average molecular weight is 352 g/mol. The van der Waals surface area contributed by atoms with Crippen LogP contribution < -0.4 is 4.74 Å². The first-order valence-electron chi connectivity index (χ1n) is 7.78. The number of aromatic amines is 1. The molecule has 0 fully saturated rings. The molecule has 0 aliphatic rings. The van der Waals surface area contributed by atoms with E-state index in [0.29, 0.717) is 11.3 Å². The lowest BCUT2D eigenvalue weighted by atomic mass is 10.3. The molecule has 8 heteroatoms. The number of aryl methyl sites for hydroxylation is 1. The molecule has 0 aliphatic carbocycles. The Morgan fingerprint density at radius 3 is 2.92 bits per heavy atom. The number of aromatic nitrogens is 3. The van der Waals surface area contributed by atoms with Crippen LogP contribution in [0.5, 0.6) is 5.75 Å². The molecule has 0 saturated heterocycles. The molecule has 0 bridgehead atoms. The van der Waals surface area contributed by atoms with Crippen molar-refractivity contribution in [3.8, 4) is 5.75 Å². The number of nitrogens with one attached hydrogen (secondary N) is 1. The number of hydrogen-bond donors (Lipinski definition) is 1. The fourth-order valence-electron chi connectivity index (χ4n) is 2.16. The molecule has 1 heterocycles. The molecule has 130 valence electrons. The SMILES string of the molecule is CCCc1n[nH]c(=S)n1CC(=O)N(C)CCOc1ccccc1F. The van der Waals surface area contributed by atoms with Crippen LogP contribution in [0, 0.1) is 10.6 Å². The molecule has 0 radical (unpaired) electrons. The van der Waals surface area contributed by atoms with Crippen LogP contribution in [-0.4, -0.2) is 45.8 Å². The van der Waals surface area contributed by atoms with Crippen LogP contribution in [0.4, 0.5) is 4.39 Å². The van der Waals surface area contributed by atoms with Crippen molar-refractivity contribution in [1.29, 1.82) is 0 Å². The van der Waals surface area contributed by atoms with Gasteiger partial charge >= 0.3 is 0 Å². The number of carbonyl (C=O) groups is 1. The van der Waals surface area contributed by atoms with Crippen LogP contribution in [0.25, 0.3) is 0 Å². The summed E-state index contributed by atoms with van der Waals surface area (Å²) < 4.78 is 21.0. The highest BCUT2D eigenvalue weighted by Gasteiger charge is 2.14. The minimum atomic E-state index is -0.416. The quantitative estimate of drug-likeness (QED) is 0.742. The predicted molar refractivity (Wildman–Crippen MR) is 90.9 cm³/mol. The van der Waals surface area contributed by atoms with Gasteiger partial charge in [-0.1, -0.05) is 19.1 Å². The minimum Gasteiger partial charge on any atom is -0.489 e. The lowest BCUT2D eigenvalue weighted by molar-refractivity contribution is -0.130. The van der Waals surface area contributed by atoms with Gasteiger partial charge in [0.25, 0.3) is 0 Å². The second-order valence-corrected chi connectivity index (χ2v) is 5.76. The van der Waals surface area contributed by atoms with Gasteiger partial charge in [0.1, 0.15) is 19.0 Å². The summed E-state index contributed by atoms with van der Waals surface area (Å²) in [6, 6.07) is 6.18. The summed E-state index contributed by atoms with van der Waals surface area (Å²) in [4.78, 5) is 13.8. The van der Waals surface area contributed by atoms with E-state index < -0.39 is 5.82 Å². The predicted octanol–water partition coefficient (Wildman–Crippen LogP) is 2.57. The third-order valence-corrected chi connectivity index (χ3v) is 3.86. The van der Waals surface area contributed by atoms with E-state index in [2.05, 4.69) is 10.2 Å². The molecule has 0 atom stereocenters. The first-order chi connectivity index (χ1) is 11.5. The Morgan fingerprint density at radius 2 is 2.21 bits per heavy atom. The Bertz CT molecular complexity index is 744. The zero-order valence-electron chi connectivity index (χ0n) is 13.8. The molecule has 2 aromatic rings. The van der Waals surface area contributed by atoms with Crippen molar-refractivity contribution in [2.24, 2.45) is 0 Å². The van der Waals surface area contributed by atoms with Gasteiger partial charge in [-0.15, -0.1) is 0 Å². The average Bonchev–Trinajstić information content (AvgIpc) is 2.90. The van der Waals surface area contributed by atoms with E-state index in [1.165, 1.54) is 11.0 Å². The van der Waals surface area contributed by atoms with Gasteiger partial charge in [0, 0.05) is 13.5 Å². The lowest BCUT2D eigenvalue weighted by Crippen LogP contribution is -2.34. The molecule has 1 N–H and O–H groups in total. The van der Waals surface area contributed by atoms with Crippen LogP contribution in [0.15, 0.2) is 24.3 Å². The molecular weight excluding hydrogens is 331 g/mol. The smallest absolute Gasteiger partial charge is 0.242 e. The molecule has 1 aromatic carbocycles. The van der Waals surface area contributed by atoms with E-state index in [9.17, 15) is 9.18 Å². The maximum Gasteiger partial charge on any atom is 0.242 e. The van der Waals surface area contributed by atoms with Gasteiger partial charge in [0.2, 0.25) is 5.91 Å². The number of benzene rings is 1. The fraction of sp³-hybridized carbons (Fsp3) is 0.438. The zero-order valence-corrected chi connectivity index (χ0v) is 14.6. The Balaban J connectivity index is 1.88. The number of halogens is 1. The highest BCUT2D eigenvalue weighted by atomic mass is 32.1. The Labute approximate surface area is 145 Å². The number of ether oxygens (including phenoxy) is 1. The summed E-state index contributed by atoms with van der Waals surface area (Å²) >= 11 is 5.17. The minimum absolute atomic E-state index is 0.109. The first-order valence-corrected chi connectivity index (χ1v) is 8.19. The van der Waals surface area contributed by atoms with Gasteiger partial charge in [0.05, 0.1) is 6.54 Å². The number of carbonyl (C=O) groups excluding carboxylic acids is 1. The van der Waals surface area contributed by atoms with Gasteiger partial charge in [0.15, 0.2) is 16.3 Å². The number of nitrogens with zero attached hydrogens (tertiary/aromatic N) is 3. The van der Waals surface area contributed by atoms with E-state index in [1.807, 2.05) is 6.92 Å². The Hall–Kier alpha value is -2.22. The van der Waals surface area contributed by atoms with Crippen molar-refractivity contribution in [3.63, 3.8) is 0 Å². The summed E-state index contributed by atoms with van der Waals surface area (Å²) in [7, 11) is 1.68. The van der Waals surface area contributed by atoms with E-state index in [1.54, 1.807) is 29.8 Å². The number of amides is 1. The number of likely N-dealkylation sites (N-methyl/N-ethyl adjacent to an activating group) is 1. The summed E-state index contributed by atoms with van der Waals surface area (Å²) in [5.41, 5.74) is 0. The Morgan fingerprint density at radius 1 is 1.46 bits per heavy atom. The van der Waals surface area contributed by atoms with Crippen molar-refractivity contribution in [3.05, 3.63) is 40.7 Å². The van der Waals surface area contributed by atoms with Gasteiger partial charge in [-0.25, -0.2) is 4.39 Å². The summed E-state index contributed by atoms with van der Waals surface area (Å²) in [5.74, 6) is 0.426. The van der Waals surface area contributed by atoms with Gasteiger partial charge in [-0.05, 0) is 30.8 Å². The van der Waals surface area contributed by atoms with Gasteiger partial charge in [-0.2, -0.15) is 5.10 Å². The monoisotopic (exact) mass is 352 g/mol. The summed E-state index contributed by atoms with van der Waals surface area (Å²) in [6.07, 6.45) is 1.67. The molecule has 0 unspecified atom stereocenters. The maximum atomic E-state index is 13.5. The third kappa shape index (κ3) is 4.64. The number of rotatable bonds is 8. The molecular formula is C16H21FN4O2S. The van der Waals surface area contributed by atoms with E-state index in [0.717, 1.165) is 18.7 Å². The van der Waals surface area contributed by atoms with E-state index >= 15 is 0 Å². The van der Waals surface area contributed by atoms with E-state index in [4.69, 9.17) is 17.0 Å². The van der Waals surface area contributed by atoms with Crippen molar-refractivity contribution in [2.45, 2.75) is 26.3 Å². The molecule has 6 nitrogen and oxygen atoms in total. The van der Waals surface area contributed by atoms with Crippen LogP contribution >= 0.6 is 12.2 Å². The topological polar surface area (TPSA) is 63.2 Å². The van der Waals surface area contributed by atoms with Crippen molar-refractivity contribution in [2.75, 3.05) is 20.2 Å². The fourth-order valence-corrected chi connectivity index (χ4v) is 2.38. The van der Waals surface area contributed by atoms with Crippen LogP contribution in [0.1, 0.15) is 19.2 Å². The zero-order chi connectivity index (χ0) is 17.5. The number of para-hydroxylation sites is 1. The van der Waals surface area contributed by atoms with Crippen LogP contribution in [-0.2, 0) is 17.8 Å². The highest BCUT2D eigenvalue weighted by Crippen LogP contribution is 2.15. The van der Waals surface area contributed by atoms with E-state index in [-0.39, 0.29) is 24.8 Å². The first kappa shape index (κ1) is 18.1. The molecule has 2 rings (SSSR count). The number of hydrogen-bond acceptors (Lipinski definition) is 4. The molecule has 24 heavy (non-hydrogen) atoms. The van der Waals surface area contributed by atoms with Crippen molar-refractivity contribution in [1.82, 2.24) is 19.7 Å². The highest BCUT2D eigenvalue weighted by molar-refractivity contribution is 7.71. The second-order valence-electron chi connectivity index (χ2n) is 5.38. The molecule has 0 aliphatic heterocycles. The second kappa shape index (κ2) is 8.58. The van der Waals surface area contributed by atoms with Gasteiger partial charge in [-0.3, -0.25) is 14.5 Å². The number of H-pyrrole nitrogens is 1. The van der Waals surface area contributed by atoms with Crippen molar-refractivity contribution < 1.29 is 13.9 Å².